The number of likely N-dealkylation sites (tertiary alicyclic amines) is 1. The van der Waals surface area contributed by atoms with E-state index < -0.39 is 11.4 Å². The number of ether oxygens (including phenoxy) is 1. The minimum Gasteiger partial charge on any atom is -0.481 e. The number of fused-ring (bicyclic) bond motifs is 1. The van der Waals surface area contributed by atoms with Crippen LogP contribution in [0.2, 0.25) is 0 Å². The van der Waals surface area contributed by atoms with Gasteiger partial charge in [0.25, 0.3) is 0 Å². The van der Waals surface area contributed by atoms with Gasteiger partial charge in [-0.15, -0.1) is 0 Å². The Hall–Kier alpha value is -1.10. The molecular formula is C17H27NO4. The van der Waals surface area contributed by atoms with Crippen molar-refractivity contribution in [1.82, 2.24) is 4.90 Å². The Morgan fingerprint density at radius 3 is 2.68 bits per heavy atom. The summed E-state index contributed by atoms with van der Waals surface area (Å²) in [5.41, 5.74) is -0.559. The van der Waals surface area contributed by atoms with Crippen molar-refractivity contribution in [2.45, 2.75) is 46.0 Å². The van der Waals surface area contributed by atoms with Crippen LogP contribution < -0.4 is 0 Å². The highest BCUT2D eigenvalue weighted by molar-refractivity contribution is 5.82. The molecule has 0 spiro atoms. The van der Waals surface area contributed by atoms with Gasteiger partial charge >= 0.3 is 5.97 Å². The average molecular weight is 309 g/mol. The third-order valence-electron chi connectivity index (χ3n) is 6.00. The molecule has 0 aromatic rings. The van der Waals surface area contributed by atoms with Crippen molar-refractivity contribution in [3.8, 4) is 0 Å². The summed E-state index contributed by atoms with van der Waals surface area (Å²) >= 11 is 0. The minimum atomic E-state index is -0.780. The van der Waals surface area contributed by atoms with Gasteiger partial charge in [0.15, 0.2) is 0 Å². The second-order valence-electron chi connectivity index (χ2n) is 8.16. The highest BCUT2D eigenvalue weighted by Crippen LogP contribution is 2.45. The van der Waals surface area contributed by atoms with Gasteiger partial charge < -0.3 is 14.7 Å². The third-order valence-corrected chi connectivity index (χ3v) is 6.00. The van der Waals surface area contributed by atoms with E-state index in [-0.39, 0.29) is 23.2 Å². The van der Waals surface area contributed by atoms with Gasteiger partial charge in [0.05, 0.1) is 12.0 Å². The van der Waals surface area contributed by atoms with Crippen LogP contribution in [0.25, 0.3) is 0 Å². The maximum absolute atomic E-state index is 12.9. The summed E-state index contributed by atoms with van der Waals surface area (Å²) in [6, 6.07) is 0. The zero-order chi connectivity index (χ0) is 16.0. The molecule has 3 fully saturated rings. The molecule has 3 aliphatic rings. The fraction of sp³-hybridized carbons (Fsp3) is 0.882. The maximum Gasteiger partial charge on any atom is 0.311 e. The van der Waals surface area contributed by atoms with Gasteiger partial charge in [-0.25, -0.2) is 0 Å². The number of nitrogens with zero attached hydrogens (tertiary/aromatic N) is 1. The Morgan fingerprint density at radius 1 is 1.27 bits per heavy atom. The number of hydrogen-bond acceptors (Lipinski definition) is 3. The third kappa shape index (κ3) is 2.64. The van der Waals surface area contributed by atoms with E-state index >= 15 is 0 Å². The largest absolute Gasteiger partial charge is 0.481 e. The lowest BCUT2D eigenvalue weighted by Gasteiger charge is -2.36. The van der Waals surface area contributed by atoms with Crippen LogP contribution in [0.5, 0.6) is 0 Å². The van der Waals surface area contributed by atoms with E-state index in [0.717, 1.165) is 19.3 Å². The quantitative estimate of drug-likeness (QED) is 0.849. The molecule has 5 heteroatoms. The Morgan fingerprint density at radius 2 is 2.05 bits per heavy atom. The molecule has 3 rings (SSSR count). The predicted molar refractivity (Wildman–Crippen MR) is 81.3 cm³/mol. The van der Waals surface area contributed by atoms with Crippen LogP contribution in [0.15, 0.2) is 0 Å². The van der Waals surface area contributed by atoms with Gasteiger partial charge in [0, 0.05) is 31.5 Å². The van der Waals surface area contributed by atoms with Crippen LogP contribution in [0.4, 0.5) is 0 Å². The van der Waals surface area contributed by atoms with Crippen LogP contribution in [-0.2, 0) is 14.3 Å². The molecule has 1 N–H and O–H groups in total. The van der Waals surface area contributed by atoms with Gasteiger partial charge in [0.1, 0.15) is 0 Å². The summed E-state index contributed by atoms with van der Waals surface area (Å²) in [5, 5.41) is 9.70. The van der Waals surface area contributed by atoms with Gasteiger partial charge in [-0.1, -0.05) is 20.3 Å². The minimum absolute atomic E-state index is 0.0562. The van der Waals surface area contributed by atoms with E-state index in [1.54, 1.807) is 0 Å². The molecule has 2 aliphatic heterocycles. The fourth-order valence-electron chi connectivity index (χ4n) is 4.63. The number of carboxylic acid groups (broad SMARTS) is 1. The summed E-state index contributed by atoms with van der Waals surface area (Å²) in [4.78, 5) is 26.5. The molecule has 0 radical (unpaired) electrons. The zero-order valence-corrected chi connectivity index (χ0v) is 13.6. The van der Waals surface area contributed by atoms with Gasteiger partial charge in [-0.05, 0) is 31.1 Å². The van der Waals surface area contributed by atoms with Crippen molar-refractivity contribution >= 4 is 11.9 Å². The second kappa shape index (κ2) is 5.52. The molecule has 1 saturated carbocycles. The first-order valence-corrected chi connectivity index (χ1v) is 8.44. The van der Waals surface area contributed by atoms with Crippen LogP contribution in [-0.4, -0.2) is 48.2 Å². The van der Waals surface area contributed by atoms with Crippen molar-refractivity contribution in [2.24, 2.45) is 22.7 Å². The first-order valence-electron chi connectivity index (χ1n) is 8.44. The zero-order valence-electron chi connectivity index (χ0n) is 13.6. The normalized spacial score (nSPS) is 37.6. The summed E-state index contributed by atoms with van der Waals surface area (Å²) in [5.74, 6) is -0.585. The molecule has 2 saturated heterocycles. The van der Waals surface area contributed by atoms with Crippen molar-refractivity contribution < 1.29 is 19.4 Å². The number of carboxylic acids is 1. The molecule has 1 aliphatic carbocycles. The highest BCUT2D eigenvalue weighted by Gasteiger charge is 2.55. The fourth-order valence-corrected chi connectivity index (χ4v) is 4.63. The lowest BCUT2D eigenvalue weighted by atomic mass is 9.72. The van der Waals surface area contributed by atoms with E-state index in [0.29, 0.717) is 32.7 Å². The molecule has 1 unspecified atom stereocenters. The summed E-state index contributed by atoms with van der Waals surface area (Å²) in [6.45, 7) is 6.31. The SMILES string of the molecule is CC1(C)CCCC(C(=O)N2C[C@H]3COCC[C@@]3(C(=O)O)C2)C1. The Labute approximate surface area is 132 Å². The molecule has 22 heavy (non-hydrogen) atoms. The molecule has 5 nitrogen and oxygen atoms in total. The van der Waals surface area contributed by atoms with Gasteiger partial charge in [0.2, 0.25) is 5.91 Å². The van der Waals surface area contributed by atoms with E-state index in [2.05, 4.69) is 13.8 Å². The van der Waals surface area contributed by atoms with Gasteiger partial charge in [-0.3, -0.25) is 9.59 Å². The standard InChI is InChI=1S/C17H27NO4/c1-16(2)5-3-4-12(8-16)14(19)18-9-13-10-22-7-6-17(13,11-18)15(20)21/h12-13H,3-11H2,1-2H3,(H,20,21)/t12?,13-,17+/m0/s1. The molecule has 2 heterocycles. The Kier molecular flexibility index (Phi) is 3.96. The van der Waals surface area contributed by atoms with Crippen LogP contribution in [0.1, 0.15) is 46.0 Å². The van der Waals surface area contributed by atoms with E-state index in [4.69, 9.17) is 4.74 Å². The van der Waals surface area contributed by atoms with Crippen LogP contribution in [0.3, 0.4) is 0 Å². The van der Waals surface area contributed by atoms with Gasteiger partial charge in [-0.2, -0.15) is 0 Å². The molecule has 0 aromatic carbocycles. The molecule has 1 amide bonds. The summed E-state index contributed by atoms with van der Waals surface area (Å²) in [6.07, 6.45) is 4.65. The molecule has 0 bridgehead atoms. The van der Waals surface area contributed by atoms with Crippen molar-refractivity contribution in [1.29, 1.82) is 0 Å². The van der Waals surface area contributed by atoms with Crippen molar-refractivity contribution in [3.63, 3.8) is 0 Å². The predicted octanol–water partition coefficient (Wildman–Crippen LogP) is 2.15. The lowest BCUT2D eigenvalue weighted by Crippen LogP contribution is -2.45. The number of hydrogen-bond donors (Lipinski definition) is 1. The molecule has 0 aromatic heterocycles. The summed E-state index contributed by atoms with van der Waals surface area (Å²) in [7, 11) is 0. The topological polar surface area (TPSA) is 66.8 Å². The van der Waals surface area contributed by atoms with Crippen LogP contribution >= 0.6 is 0 Å². The number of carbonyl (C=O) groups is 2. The number of rotatable bonds is 2. The summed E-state index contributed by atoms with van der Waals surface area (Å²) < 4.78 is 5.46. The highest BCUT2D eigenvalue weighted by atomic mass is 16.5. The molecule has 124 valence electrons. The van der Waals surface area contributed by atoms with Crippen molar-refractivity contribution in [3.05, 3.63) is 0 Å². The first kappa shape index (κ1) is 15.8. The Bertz CT molecular complexity index is 475. The van der Waals surface area contributed by atoms with Crippen LogP contribution in [0, 0.1) is 22.7 Å². The monoisotopic (exact) mass is 309 g/mol. The van der Waals surface area contributed by atoms with E-state index in [1.807, 2.05) is 4.90 Å². The van der Waals surface area contributed by atoms with Crippen molar-refractivity contribution in [2.75, 3.05) is 26.3 Å². The Balaban J connectivity index is 1.73. The molecule has 3 atom stereocenters. The maximum atomic E-state index is 12.9. The molecular weight excluding hydrogens is 282 g/mol. The number of carbonyl (C=O) groups excluding carboxylic acids is 1. The lowest BCUT2D eigenvalue weighted by molar-refractivity contribution is -0.157. The smallest absolute Gasteiger partial charge is 0.311 e. The average Bonchev–Trinajstić information content (AvgIpc) is 2.86. The van der Waals surface area contributed by atoms with E-state index in [9.17, 15) is 14.7 Å². The van der Waals surface area contributed by atoms with E-state index in [1.165, 1.54) is 6.42 Å². The number of amides is 1. The number of aliphatic carboxylic acids is 1. The first-order chi connectivity index (χ1) is 10.3. The second-order valence-corrected chi connectivity index (χ2v) is 8.16.